The SMILES string of the molecule is Cc1c(C(O)CN2CCC(N3Cc4cc([N+](=O)[O-])ccc4C3=O)CC2)ccc2c1COC2=O. The van der Waals surface area contributed by atoms with Gasteiger partial charge in [-0.3, -0.25) is 14.9 Å². The van der Waals surface area contributed by atoms with Crippen LogP contribution in [0.1, 0.15) is 61.9 Å². The van der Waals surface area contributed by atoms with E-state index in [-0.39, 0.29) is 30.2 Å². The number of β-amino-alcohol motifs (C(OH)–C–C–N with tert-alkyl or cyclic N) is 1. The van der Waals surface area contributed by atoms with Crippen molar-refractivity contribution in [1.82, 2.24) is 9.80 Å². The van der Waals surface area contributed by atoms with E-state index in [1.54, 1.807) is 18.2 Å². The van der Waals surface area contributed by atoms with Crippen LogP contribution in [-0.2, 0) is 17.9 Å². The number of esters is 1. The minimum Gasteiger partial charge on any atom is -0.457 e. The van der Waals surface area contributed by atoms with E-state index in [2.05, 4.69) is 4.90 Å². The van der Waals surface area contributed by atoms with E-state index in [0.717, 1.165) is 42.6 Å². The van der Waals surface area contributed by atoms with Crippen molar-refractivity contribution < 1.29 is 24.4 Å². The topological polar surface area (TPSA) is 113 Å². The number of aliphatic hydroxyl groups excluding tert-OH is 1. The lowest BCUT2D eigenvalue weighted by molar-refractivity contribution is -0.384. The molecule has 2 aromatic rings. The first-order chi connectivity index (χ1) is 15.8. The number of rotatable bonds is 5. The van der Waals surface area contributed by atoms with Crippen molar-refractivity contribution in [2.24, 2.45) is 0 Å². The number of carbonyl (C=O) groups excluding carboxylic acids is 2. The average Bonchev–Trinajstić information content (AvgIpc) is 3.34. The van der Waals surface area contributed by atoms with Gasteiger partial charge in [-0.05, 0) is 48.6 Å². The number of benzene rings is 2. The Kier molecular flexibility index (Phi) is 5.38. The molecule has 0 radical (unpaired) electrons. The van der Waals surface area contributed by atoms with Crippen LogP contribution in [-0.4, -0.2) is 57.4 Å². The molecule has 0 aromatic heterocycles. The number of nitrogens with zero attached hydrogens (tertiary/aromatic N) is 3. The van der Waals surface area contributed by atoms with Crippen LogP contribution < -0.4 is 0 Å². The Bertz CT molecular complexity index is 1160. The number of piperidine rings is 1. The minimum atomic E-state index is -0.680. The molecular formula is C24H25N3O6. The summed E-state index contributed by atoms with van der Waals surface area (Å²) in [5.74, 6) is -0.381. The Morgan fingerprint density at radius 2 is 1.91 bits per heavy atom. The molecule has 9 nitrogen and oxygen atoms in total. The fraction of sp³-hybridized carbons (Fsp3) is 0.417. The zero-order valence-electron chi connectivity index (χ0n) is 18.3. The number of aliphatic hydroxyl groups is 1. The summed E-state index contributed by atoms with van der Waals surface area (Å²) in [6.45, 7) is 4.52. The Balaban J connectivity index is 1.20. The number of ether oxygens (including phenoxy) is 1. The second-order valence-corrected chi connectivity index (χ2v) is 8.96. The van der Waals surface area contributed by atoms with E-state index < -0.39 is 11.0 Å². The number of likely N-dealkylation sites (tertiary alicyclic amines) is 1. The number of carbonyl (C=O) groups is 2. The second kappa shape index (κ2) is 8.24. The van der Waals surface area contributed by atoms with Gasteiger partial charge in [0.25, 0.3) is 11.6 Å². The largest absolute Gasteiger partial charge is 0.457 e. The van der Waals surface area contributed by atoms with Gasteiger partial charge in [-0.15, -0.1) is 0 Å². The molecule has 1 fully saturated rings. The molecule has 172 valence electrons. The average molecular weight is 451 g/mol. The molecule has 9 heteroatoms. The maximum absolute atomic E-state index is 12.8. The molecule has 1 amide bonds. The van der Waals surface area contributed by atoms with Crippen molar-refractivity contribution in [3.05, 3.63) is 73.8 Å². The molecule has 3 aliphatic rings. The van der Waals surface area contributed by atoms with Crippen molar-refractivity contribution in [2.45, 2.75) is 45.1 Å². The van der Waals surface area contributed by atoms with Crippen LogP contribution in [0.15, 0.2) is 30.3 Å². The lowest BCUT2D eigenvalue weighted by atomic mass is 9.94. The van der Waals surface area contributed by atoms with Crippen LogP contribution in [0.25, 0.3) is 0 Å². The molecule has 1 N–H and O–H groups in total. The quantitative estimate of drug-likeness (QED) is 0.422. The summed E-state index contributed by atoms with van der Waals surface area (Å²) < 4.78 is 5.10. The molecule has 1 unspecified atom stereocenters. The molecule has 0 aliphatic carbocycles. The predicted octanol–water partition coefficient (Wildman–Crippen LogP) is 2.73. The number of fused-ring (bicyclic) bond motifs is 2. The fourth-order valence-corrected chi connectivity index (χ4v) is 5.22. The number of nitro groups is 1. The number of cyclic esters (lactones) is 1. The number of amides is 1. The van der Waals surface area contributed by atoms with Crippen LogP contribution in [0, 0.1) is 17.0 Å². The number of nitro benzene ring substituents is 1. The van der Waals surface area contributed by atoms with Crippen molar-refractivity contribution in [3.63, 3.8) is 0 Å². The van der Waals surface area contributed by atoms with Gasteiger partial charge in [-0.2, -0.15) is 0 Å². The van der Waals surface area contributed by atoms with Gasteiger partial charge < -0.3 is 19.6 Å². The summed E-state index contributed by atoms with van der Waals surface area (Å²) in [6.07, 6.45) is 0.876. The molecular weight excluding hydrogens is 426 g/mol. The van der Waals surface area contributed by atoms with Gasteiger partial charge in [0.2, 0.25) is 0 Å². The summed E-state index contributed by atoms with van der Waals surface area (Å²) >= 11 is 0. The van der Waals surface area contributed by atoms with Crippen molar-refractivity contribution in [2.75, 3.05) is 19.6 Å². The molecule has 0 bridgehead atoms. The highest BCUT2D eigenvalue weighted by atomic mass is 16.6. The van der Waals surface area contributed by atoms with Gasteiger partial charge in [0.15, 0.2) is 0 Å². The lowest BCUT2D eigenvalue weighted by Gasteiger charge is -2.37. The van der Waals surface area contributed by atoms with Crippen LogP contribution in [0.2, 0.25) is 0 Å². The maximum Gasteiger partial charge on any atom is 0.338 e. The van der Waals surface area contributed by atoms with Gasteiger partial charge in [0.05, 0.1) is 16.6 Å². The Labute approximate surface area is 190 Å². The third-order valence-electron chi connectivity index (χ3n) is 7.13. The predicted molar refractivity (Wildman–Crippen MR) is 118 cm³/mol. The molecule has 1 atom stereocenters. The van der Waals surface area contributed by atoms with Crippen LogP contribution in [0.5, 0.6) is 0 Å². The number of hydrogen-bond acceptors (Lipinski definition) is 7. The van der Waals surface area contributed by atoms with Gasteiger partial charge in [0.1, 0.15) is 6.61 Å². The Morgan fingerprint density at radius 3 is 2.64 bits per heavy atom. The highest BCUT2D eigenvalue weighted by molar-refractivity contribution is 5.99. The highest BCUT2D eigenvalue weighted by Gasteiger charge is 2.36. The Morgan fingerprint density at radius 1 is 1.18 bits per heavy atom. The maximum atomic E-state index is 12.8. The molecule has 3 heterocycles. The lowest BCUT2D eigenvalue weighted by Crippen LogP contribution is -2.45. The molecule has 2 aromatic carbocycles. The monoisotopic (exact) mass is 451 g/mol. The fourth-order valence-electron chi connectivity index (χ4n) is 5.22. The molecule has 0 saturated carbocycles. The second-order valence-electron chi connectivity index (χ2n) is 8.96. The molecule has 33 heavy (non-hydrogen) atoms. The van der Waals surface area contributed by atoms with Crippen LogP contribution in [0.3, 0.4) is 0 Å². The minimum absolute atomic E-state index is 0.00461. The zero-order chi connectivity index (χ0) is 23.3. The first-order valence-electron chi connectivity index (χ1n) is 11.1. The summed E-state index contributed by atoms with van der Waals surface area (Å²) in [6, 6.07) is 8.03. The van der Waals surface area contributed by atoms with E-state index in [1.165, 1.54) is 12.1 Å². The van der Waals surface area contributed by atoms with Crippen LogP contribution >= 0.6 is 0 Å². The molecule has 1 saturated heterocycles. The molecule has 5 rings (SSSR count). The third kappa shape index (κ3) is 3.77. The number of hydrogen-bond donors (Lipinski definition) is 1. The van der Waals surface area contributed by atoms with Gasteiger partial charge in [0, 0.05) is 55.5 Å². The van der Waals surface area contributed by atoms with Gasteiger partial charge in [-0.1, -0.05) is 6.07 Å². The van der Waals surface area contributed by atoms with Crippen molar-refractivity contribution in [1.29, 1.82) is 0 Å². The standard InChI is InChI=1S/C24H25N3O6/c1-14-18(4-5-20-21(14)13-33-24(20)30)22(28)12-25-8-6-16(7-9-25)26-11-15-10-17(27(31)32)2-3-19(15)23(26)29/h2-5,10,16,22,28H,6-9,11-13H2,1H3. The summed E-state index contributed by atoms with van der Waals surface area (Å²) in [5, 5.41) is 21.9. The summed E-state index contributed by atoms with van der Waals surface area (Å²) in [4.78, 5) is 39.2. The molecule has 3 aliphatic heterocycles. The van der Waals surface area contributed by atoms with Gasteiger partial charge >= 0.3 is 5.97 Å². The van der Waals surface area contributed by atoms with Crippen molar-refractivity contribution >= 4 is 17.6 Å². The van der Waals surface area contributed by atoms with Crippen molar-refractivity contribution in [3.8, 4) is 0 Å². The smallest absolute Gasteiger partial charge is 0.338 e. The van der Waals surface area contributed by atoms with E-state index in [1.807, 2.05) is 11.8 Å². The Hall–Kier alpha value is -3.30. The summed E-state index contributed by atoms with van der Waals surface area (Å²) in [7, 11) is 0. The first-order valence-corrected chi connectivity index (χ1v) is 11.1. The highest BCUT2D eigenvalue weighted by Crippen LogP contribution is 2.32. The van der Waals surface area contributed by atoms with Gasteiger partial charge in [-0.25, -0.2) is 4.79 Å². The van der Waals surface area contributed by atoms with E-state index in [4.69, 9.17) is 4.74 Å². The normalized spacial score (nSPS) is 19.4. The van der Waals surface area contributed by atoms with Crippen LogP contribution in [0.4, 0.5) is 5.69 Å². The van der Waals surface area contributed by atoms with E-state index in [0.29, 0.717) is 29.8 Å². The molecule has 0 spiro atoms. The third-order valence-corrected chi connectivity index (χ3v) is 7.13. The first kappa shape index (κ1) is 21.5. The zero-order valence-corrected chi connectivity index (χ0v) is 18.3. The number of non-ortho nitro benzene ring substituents is 1. The van der Waals surface area contributed by atoms with E-state index in [9.17, 15) is 24.8 Å². The van der Waals surface area contributed by atoms with E-state index >= 15 is 0 Å². The summed E-state index contributed by atoms with van der Waals surface area (Å²) in [5.41, 5.74) is 4.39.